The second-order valence-electron chi connectivity index (χ2n) is 4.07. The Bertz CT molecular complexity index is 742. The number of nitrogens with one attached hydrogen (secondary N) is 1. The quantitative estimate of drug-likeness (QED) is 0.759. The molecule has 8 heteroatoms. The van der Waals surface area contributed by atoms with Crippen LogP contribution in [0.2, 0.25) is 0 Å². The zero-order chi connectivity index (χ0) is 14.9. The largest absolute Gasteiger partial charge is 0.326 e. The lowest BCUT2D eigenvalue weighted by atomic mass is 10.3. The van der Waals surface area contributed by atoms with Crippen LogP contribution < -0.4 is 10.5 Å². The molecule has 0 aliphatic rings. The van der Waals surface area contributed by atoms with Crippen LogP contribution in [0.1, 0.15) is 9.75 Å². The van der Waals surface area contributed by atoms with Crippen molar-refractivity contribution in [2.24, 2.45) is 5.73 Å². The van der Waals surface area contributed by atoms with E-state index >= 15 is 0 Å². The van der Waals surface area contributed by atoms with Gasteiger partial charge in [0.1, 0.15) is 4.90 Å². The molecule has 108 valence electrons. The fraction of sp³-hybridized carbons (Fsp3) is 0.167. The molecule has 0 aliphatic carbocycles. The highest BCUT2D eigenvalue weighted by Gasteiger charge is 2.20. The zero-order valence-electron chi connectivity index (χ0n) is 10.5. The van der Waals surface area contributed by atoms with Gasteiger partial charge in [0.2, 0.25) is 0 Å². The van der Waals surface area contributed by atoms with Crippen LogP contribution in [0.4, 0.5) is 5.69 Å². The first kappa shape index (κ1) is 16.0. The highest BCUT2D eigenvalue weighted by atomic mass is 79.9. The number of aryl methyl sites for hydroxylation is 1. The van der Waals surface area contributed by atoms with E-state index in [0.717, 1.165) is 14.2 Å². The molecule has 0 unspecified atom stereocenters. The number of rotatable bonds is 4. The Hall–Kier alpha value is -0.410. The second kappa shape index (κ2) is 6.15. The average molecular weight is 440 g/mol. The van der Waals surface area contributed by atoms with Crippen molar-refractivity contribution in [2.45, 2.75) is 18.4 Å². The summed E-state index contributed by atoms with van der Waals surface area (Å²) in [4.78, 5) is 1.85. The highest BCUT2D eigenvalue weighted by molar-refractivity contribution is 9.11. The maximum Gasteiger partial charge on any atom is 0.263 e. The Kier molecular flexibility index (Phi) is 4.91. The number of nitrogens with two attached hydrogens (primary N) is 1. The lowest BCUT2D eigenvalue weighted by Gasteiger charge is -2.09. The van der Waals surface area contributed by atoms with Gasteiger partial charge in [0, 0.05) is 25.2 Å². The number of anilines is 1. The van der Waals surface area contributed by atoms with Gasteiger partial charge in [0.05, 0.1) is 5.69 Å². The van der Waals surface area contributed by atoms with E-state index in [4.69, 9.17) is 5.73 Å². The molecule has 20 heavy (non-hydrogen) atoms. The van der Waals surface area contributed by atoms with Gasteiger partial charge in [0.25, 0.3) is 10.0 Å². The van der Waals surface area contributed by atoms with E-state index in [-0.39, 0.29) is 4.90 Å². The van der Waals surface area contributed by atoms with Gasteiger partial charge in [-0.3, -0.25) is 4.72 Å². The molecule has 0 saturated carbocycles. The molecule has 2 aromatic rings. The van der Waals surface area contributed by atoms with Crippen LogP contribution in [0.25, 0.3) is 0 Å². The summed E-state index contributed by atoms with van der Waals surface area (Å²) in [5, 5.41) is 0. The van der Waals surface area contributed by atoms with Crippen LogP contribution in [0, 0.1) is 6.92 Å². The normalized spacial score (nSPS) is 11.6. The predicted molar refractivity (Wildman–Crippen MR) is 89.6 cm³/mol. The van der Waals surface area contributed by atoms with Gasteiger partial charge in [0.15, 0.2) is 0 Å². The summed E-state index contributed by atoms with van der Waals surface area (Å²) in [6.07, 6.45) is 0. The molecule has 3 N–H and O–H groups in total. The van der Waals surface area contributed by atoms with Crippen LogP contribution in [0.15, 0.2) is 38.1 Å². The Labute approximate surface area is 138 Å². The minimum Gasteiger partial charge on any atom is -0.326 e. The number of hydrogen-bond acceptors (Lipinski definition) is 4. The molecule has 2 rings (SSSR count). The molecule has 0 fully saturated rings. The van der Waals surface area contributed by atoms with E-state index in [1.165, 1.54) is 11.3 Å². The molecule has 0 bridgehead atoms. The van der Waals surface area contributed by atoms with Crippen molar-refractivity contribution in [3.8, 4) is 0 Å². The first-order valence-electron chi connectivity index (χ1n) is 5.60. The van der Waals surface area contributed by atoms with Gasteiger partial charge in [-0.2, -0.15) is 0 Å². The van der Waals surface area contributed by atoms with Crippen molar-refractivity contribution in [2.75, 3.05) is 4.72 Å². The number of thiophene rings is 1. The predicted octanol–water partition coefficient (Wildman–Crippen LogP) is 3.84. The third kappa shape index (κ3) is 3.43. The second-order valence-corrected chi connectivity index (χ2v) is 8.83. The van der Waals surface area contributed by atoms with Crippen molar-refractivity contribution in [1.82, 2.24) is 0 Å². The van der Waals surface area contributed by atoms with Crippen LogP contribution >= 0.6 is 43.2 Å². The highest BCUT2D eigenvalue weighted by Crippen LogP contribution is 2.31. The van der Waals surface area contributed by atoms with Crippen LogP contribution in [0.3, 0.4) is 0 Å². The van der Waals surface area contributed by atoms with Crippen LogP contribution in [0.5, 0.6) is 0 Å². The number of halogens is 2. The Balaban J connectivity index is 2.38. The molecule has 0 amide bonds. The van der Waals surface area contributed by atoms with Crippen molar-refractivity contribution in [3.05, 3.63) is 43.0 Å². The Morgan fingerprint density at radius 1 is 1.30 bits per heavy atom. The van der Waals surface area contributed by atoms with Crippen molar-refractivity contribution >= 4 is 58.9 Å². The summed E-state index contributed by atoms with van der Waals surface area (Å²) in [7, 11) is -3.61. The third-order valence-electron chi connectivity index (χ3n) is 2.59. The molecule has 1 heterocycles. The summed E-state index contributed by atoms with van der Waals surface area (Å²) in [6, 6.07) is 6.87. The Morgan fingerprint density at radius 2 is 2.00 bits per heavy atom. The van der Waals surface area contributed by atoms with Gasteiger partial charge >= 0.3 is 0 Å². The molecule has 4 nitrogen and oxygen atoms in total. The molecule has 0 atom stereocenters. The summed E-state index contributed by atoms with van der Waals surface area (Å²) in [5.74, 6) is 0. The lowest BCUT2D eigenvalue weighted by Crippen LogP contribution is -2.13. The molecule has 1 aromatic heterocycles. The lowest BCUT2D eigenvalue weighted by molar-refractivity contribution is 0.601. The SMILES string of the molecule is Cc1sc(CN)cc1S(=O)(=O)Nc1ccc(Br)cc1Br. The Morgan fingerprint density at radius 3 is 2.55 bits per heavy atom. The van der Waals surface area contributed by atoms with Gasteiger partial charge < -0.3 is 5.73 Å². The molecule has 0 saturated heterocycles. The monoisotopic (exact) mass is 438 g/mol. The van der Waals surface area contributed by atoms with Crippen LogP contribution in [-0.2, 0) is 16.6 Å². The van der Waals surface area contributed by atoms with Gasteiger partial charge in [-0.1, -0.05) is 15.9 Å². The fourth-order valence-corrected chi connectivity index (χ4v) is 5.54. The molecule has 0 radical (unpaired) electrons. The van der Waals surface area contributed by atoms with E-state index in [0.29, 0.717) is 16.7 Å². The summed E-state index contributed by atoms with van der Waals surface area (Å²) in [5.41, 5.74) is 6.04. The average Bonchev–Trinajstić information content (AvgIpc) is 2.75. The maximum absolute atomic E-state index is 12.4. The first-order valence-corrected chi connectivity index (χ1v) is 9.49. The maximum atomic E-state index is 12.4. The van der Waals surface area contributed by atoms with Gasteiger partial charge in [-0.25, -0.2) is 8.42 Å². The number of sulfonamides is 1. The molecule has 1 aromatic carbocycles. The fourth-order valence-electron chi connectivity index (χ4n) is 1.66. The smallest absolute Gasteiger partial charge is 0.263 e. The molecular weight excluding hydrogens is 428 g/mol. The standard InChI is InChI=1S/C12H12Br2N2O2S2/c1-7-12(5-9(6-15)19-7)20(17,18)16-11-3-2-8(13)4-10(11)14/h2-5,16H,6,15H2,1H3. The number of benzene rings is 1. The van der Waals surface area contributed by atoms with E-state index < -0.39 is 10.0 Å². The molecule has 0 spiro atoms. The van der Waals surface area contributed by atoms with Gasteiger partial charge in [-0.05, 0) is 47.1 Å². The van der Waals surface area contributed by atoms with E-state index in [1.54, 1.807) is 31.2 Å². The summed E-state index contributed by atoms with van der Waals surface area (Å²) in [6.45, 7) is 2.11. The van der Waals surface area contributed by atoms with E-state index in [2.05, 4.69) is 36.6 Å². The van der Waals surface area contributed by atoms with Crippen molar-refractivity contribution < 1.29 is 8.42 Å². The first-order chi connectivity index (χ1) is 9.33. The number of hydrogen-bond donors (Lipinski definition) is 2. The minimum absolute atomic E-state index is 0.276. The van der Waals surface area contributed by atoms with Crippen LogP contribution in [-0.4, -0.2) is 8.42 Å². The van der Waals surface area contributed by atoms with Crippen molar-refractivity contribution in [1.29, 1.82) is 0 Å². The van der Waals surface area contributed by atoms with Crippen molar-refractivity contribution in [3.63, 3.8) is 0 Å². The summed E-state index contributed by atoms with van der Waals surface area (Å²) >= 11 is 8.06. The van der Waals surface area contributed by atoms with E-state index in [9.17, 15) is 8.42 Å². The summed E-state index contributed by atoms with van der Waals surface area (Å²) < 4.78 is 28.9. The van der Waals surface area contributed by atoms with Gasteiger partial charge in [-0.15, -0.1) is 11.3 Å². The molecular formula is C12H12Br2N2O2S2. The third-order valence-corrected chi connectivity index (χ3v) is 6.43. The zero-order valence-corrected chi connectivity index (χ0v) is 15.3. The molecule has 0 aliphatic heterocycles. The topological polar surface area (TPSA) is 72.2 Å². The minimum atomic E-state index is -3.61. The van der Waals surface area contributed by atoms with E-state index in [1.807, 2.05) is 0 Å².